The van der Waals surface area contributed by atoms with Gasteiger partial charge in [0.1, 0.15) is 11.5 Å². The second-order valence-electron chi connectivity index (χ2n) is 13.3. The number of amides is 2. The Morgan fingerprint density at radius 1 is 0.808 bits per heavy atom. The number of aromatic hydroxyl groups is 2. The first-order chi connectivity index (χ1) is 24.9. The van der Waals surface area contributed by atoms with E-state index < -0.39 is 16.1 Å². The molecule has 10 nitrogen and oxygen atoms in total. The van der Waals surface area contributed by atoms with Crippen molar-refractivity contribution in [2.75, 3.05) is 10.6 Å². The number of hydrogen-bond acceptors (Lipinski definition) is 6. The summed E-state index contributed by atoms with van der Waals surface area (Å²) >= 11 is 0. The molecule has 1 unspecified atom stereocenters. The molecule has 0 aliphatic heterocycles. The van der Waals surface area contributed by atoms with Crippen LogP contribution in [0.2, 0.25) is 0 Å². The van der Waals surface area contributed by atoms with Gasteiger partial charge in [-0.05, 0) is 123 Å². The number of aromatic nitrogens is 2. The lowest BCUT2D eigenvalue weighted by atomic mass is 10.0. The van der Waals surface area contributed by atoms with Gasteiger partial charge in [0.05, 0.1) is 28.3 Å². The number of carbonyl (C=O) groups excluding carboxylic acids is 1. The van der Waals surface area contributed by atoms with Crippen molar-refractivity contribution in [1.82, 2.24) is 14.3 Å². The first kappa shape index (κ1) is 36.2. The maximum absolute atomic E-state index is 13.4. The van der Waals surface area contributed by atoms with Gasteiger partial charge < -0.3 is 25.4 Å². The van der Waals surface area contributed by atoms with Crippen molar-refractivity contribution in [3.05, 3.63) is 143 Å². The van der Waals surface area contributed by atoms with E-state index in [2.05, 4.69) is 20.3 Å². The summed E-state index contributed by atoms with van der Waals surface area (Å²) in [5, 5.41) is 26.1. The number of rotatable bonds is 13. The Kier molecular flexibility index (Phi) is 10.9. The second-order valence-corrected chi connectivity index (χ2v) is 15.0. The number of hydrogen-bond donors (Lipinski definition) is 5. The molecule has 268 valence electrons. The van der Waals surface area contributed by atoms with Gasteiger partial charge in [-0.2, -0.15) is 0 Å². The fourth-order valence-corrected chi connectivity index (χ4v) is 7.78. The van der Waals surface area contributed by atoms with E-state index in [4.69, 9.17) is 0 Å². The van der Waals surface area contributed by atoms with E-state index >= 15 is 0 Å². The highest BCUT2D eigenvalue weighted by Gasteiger charge is 2.18. The number of phenolic OH excluding ortho intramolecular Hbond substituents is 2. The molecule has 0 aliphatic carbocycles. The Morgan fingerprint density at radius 3 is 2.23 bits per heavy atom. The number of fused-ring (bicyclic) bond motifs is 1. The summed E-state index contributed by atoms with van der Waals surface area (Å²) in [6.45, 7) is 5.69. The number of para-hydroxylation sites is 1. The largest absolute Gasteiger partial charge is 0.508 e. The van der Waals surface area contributed by atoms with Gasteiger partial charge in [-0.3, -0.25) is 4.98 Å². The van der Waals surface area contributed by atoms with Gasteiger partial charge >= 0.3 is 6.03 Å². The van der Waals surface area contributed by atoms with Crippen LogP contribution in [0.5, 0.6) is 11.5 Å². The smallest absolute Gasteiger partial charge is 0.323 e. The van der Waals surface area contributed by atoms with Gasteiger partial charge in [0.25, 0.3) is 0 Å². The highest BCUT2D eigenvalue weighted by Crippen LogP contribution is 2.30. The summed E-state index contributed by atoms with van der Waals surface area (Å²) in [4.78, 5) is 18.1. The summed E-state index contributed by atoms with van der Waals surface area (Å²) < 4.78 is 31.1. The van der Waals surface area contributed by atoms with Crippen LogP contribution in [0.15, 0.2) is 109 Å². The lowest BCUT2D eigenvalue weighted by Gasteiger charge is -2.16. The third kappa shape index (κ3) is 9.17. The molecule has 0 fully saturated rings. The predicted molar refractivity (Wildman–Crippen MR) is 207 cm³/mol. The molecule has 2 heterocycles. The summed E-state index contributed by atoms with van der Waals surface area (Å²) in [5.41, 5.74) is 8.22. The van der Waals surface area contributed by atoms with E-state index in [1.165, 1.54) is 0 Å². The van der Waals surface area contributed by atoms with Crippen LogP contribution < -0.4 is 15.4 Å². The molecule has 0 saturated heterocycles. The van der Waals surface area contributed by atoms with Gasteiger partial charge in [-0.25, -0.2) is 17.9 Å². The molecule has 6 rings (SSSR count). The van der Waals surface area contributed by atoms with Crippen LogP contribution in [0, 0.1) is 13.8 Å². The lowest BCUT2D eigenvalue weighted by Crippen LogP contribution is -2.34. The van der Waals surface area contributed by atoms with Crippen molar-refractivity contribution < 1.29 is 23.4 Å². The summed E-state index contributed by atoms with van der Waals surface area (Å²) in [6, 6.07) is 28.7. The molecule has 0 spiro atoms. The van der Waals surface area contributed by atoms with E-state index in [9.17, 15) is 23.4 Å². The number of benzene rings is 4. The number of urea groups is 1. The molecule has 52 heavy (non-hydrogen) atoms. The number of nitrogens with one attached hydrogen (secondary N) is 3. The van der Waals surface area contributed by atoms with Crippen molar-refractivity contribution in [2.24, 2.45) is 0 Å². The average molecular weight is 718 g/mol. The van der Waals surface area contributed by atoms with Crippen LogP contribution in [-0.2, 0) is 35.0 Å². The van der Waals surface area contributed by atoms with Crippen LogP contribution in [-0.4, -0.2) is 40.3 Å². The third-order valence-corrected chi connectivity index (χ3v) is 10.5. The fourth-order valence-electron chi connectivity index (χ4n) is 6.24. The fraction of sp³-hybridized carbons (Fsp3) is 0.220. The van der Waals surface area contributed by atoms with E-state index in [0.717, 1.165) is 44.4 Å². The van der Waals surface area contributed by atoms with E-state index in [-0.39, 0.29) is 23.3 Å². The molecule has 0 bridgehead atoms. The monoisotopic (exact) mass is 717 g/mol. The maximum Gasteiger partial charge on any atom is 0.323 e. The minimum absolute atomic E-state index is 0.130. The number of carbonyl (C=O) groups is 1. The number of pyridine rings is 1. The first-order valence-corrected chi connectivity index (χ1v) is 18.9. The third-order valence-electron chi connectivity index (χ3n) is 9.04. The van der Waals surface area contributed by atoms with Crippen molar-refractivity contribution >= 4 is 38.3 Å². The predicted octanol–water partition coefficient (Wildman–Crippen LogP) is 7.92. The molecule has 0 radical (unpaired) electrons. The molecule has 4 aromatic carbocycles. The Bertz CT molecular complexity index is 2300. The van der Waals surface area contributed by atoms with Crippen molar-refractivity contribution in [1.29, 1.82) is 0 Å². The number of nitrogens with zero attached hydrogens (tertiary/aromatic N) is 2. The Balaban J connectivity index is 1.10. The molecule has 11 heteroatoms. The number of anilines is 2. The maximum atomic E-state index is 13.4. The quantitative estimate of drug-likeness (QED) is 0.0821. The zero-order chi connectivity index (χ0) is 36.8. The molecule has 0 saturated carbocycles. The van der Waals surface area contributed by atoms with Crippen molar-refractivity contribution in [3.8, 4) is 17.2 Å². The number of aryl methyl sites for hydroxylation is 5. The molecule has 0 aliphatic rings. The van der Waals surface area contributed by atoms with Crippen LogP contribution in [0.3, 0.4) is 0 Å². The summed E-state index contributed by atoms with van der Waals surface area (Å²) in [5.74, 6) is 0.248. The molecular weight excluding hydrogens is 675 g/mol. The summed E-state index contributed by atoms with van der Waals surface area (Å²) in [7, 11) is -3.60. The van der Waals surface area contributed by atoms with Crippen LogP contribution in [0.4, 0.5) is 16.2 Å². The zero-order valence-electron chi connectivity index (χ0n) is 29.4. The topological polar surface area (TPSA) is 146 Å². The standard InChI is InChI=1S/C41H43N5O5S/c1-27-22-38(43-41(49)44-39-25-46(33-15-19-35(48)20-16-33)40-7-5-4-6-36(39)40)37(42-24-27)21-14-31-10-8-28(2)32(23-31)26-52(50,51)45-29(3)9-11-30-12-17-34(47)18-13-30/h4-8,10,12-13,15-20,22-25,29,45,47-48H,9,11,14,21,26H2,1-3H3,(H2,43,44,49). The van der Waals surface area contributed by atoms with Crippen LogP contribution >= 0.6 is 0 Å². The molecular formula is C41H43N5O5S. The molecule has 2 amide bonds. The van der Waals surface area contributed by atoms with Crippen molar-refractivity contribution in [2.45, 2.75) is 58.2 Å². The molecule has 1 atom stereocenters. The van der Waals surface area contributed by atoms with Crippen molar-refractivity contribution in [3.63, 3.8) is 0 Å². The molecule has 5 N–H and O–H groups in total. The van der Waals surface area contributed by atoms with Crippen LogP contribution in [0.25, 0.3) is 16.6 Å². The lowest BCUT2D eigenvalue weighted by molar-refractivity contribution is 0.262. The van der Waals surface area contributed by atoms with Gasteiger partial charge in [-0.15, -0.1) is 0 Å². The Labute approximate surface area is 304 Å². The SMILES string of the molecule is Cc1cnc(CCc2ccc(C)c(CS(=O)(=O)NC(C)CCc3ccc(O)cc3)c2)c(NC(=O)Nc2cn(-c3ccc(O)cc3)c3ccccc23)c1. The number of phenols is 2. The number of sulfonamides is 1. The minimum atomic E-state index is -3.60. The van der Waals surface area contributed by atoms with E-state index in [0.29, 0.717) is 42.8 Å². The molecule has 2 aromatic heterocycles. The minimum Gasteiger partial charge on any atom is -0.508 e. The zero-order valence-corrected chi connectivity index (χ0v) is 30.2. The molecule has 6 aromatic rings. The average Bonchev–Trinajstić information content (AvgIpc) is 3.47. The summed E-state index contributed by atoms with van der Waals surface area (Å²) in [6.07, 6.45) is 6.06. The van der Waals surface area contributed by atoms with E-state index in [1.807, 2.05) is 104 Å². The Hall–Kier alpha value is -5.65. The van der Waals surface area contributed by atoms with Gasteiger partial charge in [0.15, 0.2) is 0 Å². The Morgan fingerprint density at radius 2 is 1.48 bits per heavy atom. The van der Waals surface area contributed by atoms with Gasteiger partial charge in [-0.1, -0.05) is 48.5 Å². The van der Waals surface area contributed by atoms with E-state index in [1.54, 1.807) is 30.5 Å². The highest BCUT2D eigenvalue weighted by atomic mass is 32.2. The van der Waals surface area contributed by atoms with Gasteiger partial charge in [0.2, 0.25) is 10.0 Å². The van der Waals surface area contributed by atoms with Crippen LogP contribution in [0.1, 0.15) is 46.9 Å². The highest BCUT2D eigenvalue weighted by molar-refractivity contribution is 7.88. The first-order valence-electron chi connectivity index (χ1n) is 17.2. The normalized spacial score (nSPS) is 12.1. The van der Waals surface area contributed by atoms with Gasteiger partial charge in [0, 0.05) is 29.5 Å². The second kappa shape index (κ2) is 15.7.